The van der Waals surface area contributed by atoms with Crippen LogP contribution in [0.25, 0.3) is 16.6 Å². The minimum atomic E-state index is -0.0944. The molecule has 4 rings (SSSR count). The third-order valence-corrected chi connectivity index (χ3v) is 4.99. The molecule has 1 aromatic carbocycles. The fraction of sp³-hybridized carbons (Fsp3) is 0.350. The van der Waals surface area contributed by atoms with Crippen LogP contribution in [0.1, 0.15) is 50.4 Å². The lowest BCUT2D eigenvalue weighted by Gasteiger charge is -2.25. The maximum atomic E-state index is 4.61. The Balaban J connectivity index is 1.78. The summed E-state index contributed by atoms with van der Waals surface area (Å²) in [4.78, 5) is 0. The van der Waals surface area contributed by atoms with Gasteiger partial charge >= 0.3 is 0 Å². The van der Waals surface area contributed by atoms with E-state index in [1.165, 1.54) is 22.2 Å². The van der Waals surface area contributed by atoms with Gasteiger partial charge in [-0.05, 0) is 29.4 Å². The van der Waals surface area contributed by atoms with Gasteiger partial charge in [0, 0.05) is 22.8 Å². The van der Waals surface area contributed by atoms with E-state index in [0.717, 1.165) is 17.6 Å². The standard InChI is InChI=1S/C20H23N5/c1-13(2)14-7-5-8-15-17(22-23-18(14)15)11-20(3,4)16-9-6-10-25-12-21-24-19(16)25/h5-10,12-13H,11H2,1-4H3,(H,22,23). The molecule has 0 saturated carbocycles. The summed E-state index contributed by atoms with van der Waals surface area (Å²) in [5.41, 5.74) is 5.56. The van der Waals surface area contributed by atoms with E-state index in [2.05, 4.69) is 78.4 Å². The number of benzene rings is 1. The molecule has 0 radical (unpaired) electrons. The van der Waals surface area contributed by atoms with E-state index in [0.29, 0.717) is 5.92 Å². The van der Waals surface area contributed by atoms with Gasteiger partial charge in [0.25, 0.3) is 0 Å². The summed E-state index contributed by atoms with van der Waals surface area (Å²) in [5, 5.41) is 17.5. The van der Waals surface area contributed by atoms with Gasteiger partial charge in [-0.2, -0.15) is 5.10 Å². The number of aromatic nitrogens is 5. The summed E-state index contributed by atoms with van der Waals surface area (Å²) in [6.07, 6.45) is 4.59. The third-order valence-electron chi connectivity index (χ3n) is 4.99. The van der Waals surface area contributed by atoms with Gasteiger partial charge in [0.1, 0.15) is 6.33 Å². The maximum absolute atomic E-state index is 4.61. The maximum Gasteiger partial charge on any atom is 0.164 e. The second kappa shape index (κ2) is 5.69. The van der Waals surface area contributed by atoms with Gasteiger partial charge < -0.3 is 0 Å². The molecule has 3 aromatic heterocycles. The molecule has 3 heterocycles. The number of pyridine rings is 1. The van der Waals surface area contributed by atoms with Gasteiger partial charge in [0.05, 0.1) is 5.52 Å². The summed E-state index contributed by atoms with van der Waals surface area (Å²) in [6.45, 7) is 8.91. The number of fused-ring (bicyclic) bond motifs is 2. The van der Waals surface area contributed by atoms with Crippen molar-refractivity contribution in [3.63, 3.8) is 0 Å². The number of hydrogen-bond acceptors (Lipinski definition) is 3. The Kier molecular flexibility index (Phi) is 3.60. The molecule has 1 N–H and O–H groups in total. The average molecular weight is 333 g/mol. The SMILES string of the molecule is CC(C)c1cccc2c(CC(C)(C)c3cccn4cnnc34)[nH]nc12. The molecular formula is C20H23N5. The van der Waals surface area contributed by atoms with E-state index in [9.17, 15) is 0 Å². The second-order valence-electron chi connectivity index (χ2n) is 7.64. The zero-order valence-electron chi connectivity index (χ0n) is 15.1. The molecule has 0 bridgehead atoms. The molecule has 0 aliphatic heterocycles. The Bertz CT molecular complexity index is 1040. The van der Waals surface area contributed by atoms with Crippen LogP contribution in [0.5, 0.6) is 0 Å². The van der Waals surface area contributed by atoms with Crippen LogP contribution < -0.4 is 0 Å². The molecule has 0 aliphatic carbocycles. The highest BCUT2D eigenvalue weighted by molar-refractivity contribution is 5.85. The van der Waals surface area contributed by atoms with Crippen molar-refractivity contribution in [1.82, 2.24) is 24.8 Å². The molecule has 0 unspecified atom stereocenters. The number of H-pyrrole nitrogens is 1. The van der Waals surface area contributed by atoms with Crippen LogP contribution in [0.3, 0.4) is 0 Å². The van der Waals surface area contributed by atoms with Gasteiger partial charge in [-0.3, -0.25) is 9.50 Å². The van der Waals surface area contributed by atoms with E-state index in [1.807, 2.05) is 10.6 Å². The van der Waals surface area contributed by atoms with Crippen molar-refractivity contribution >= 4 is 16.6 Å². The fourth-order valence-electron chi connectivity index (χ4n) is 3.63. The number of nitrogens with zero attached hydrogens (tertiary/aromatic N) is 4. The lowest BCUT2D eigenvalue weighted by Crippen LogP contribution is -2.22. The van der Waals surface area contributed by atoms with Crippen LogP contribution in [-0.2, 0) is 11.8 Å². The van der Waals surface area contributed by atoms with E-state index in [1.54, 1.807) is 6.33 Å². The number of aromatic amines is 1. The predicted octanol–water partition coefficient (Wildman–Crippen LogP) is 4.25. The lowest BCUT2D eigenvalue weighted by atomic mass is 9.80. The molecule has 0 aliphatic rings. The molecule has 5 heteroatoms. The van der Waals surface area contributed by atoms with E-state index >= 15 is 0 Å². The molecule has 0 spiro atoms. The average Bonchev–Trinajstić information content (AvgIpc) is 3.20. The topological polar surface area (TPSA) is 58.9 Å². The first-order valence-corrected chi connectivity index (χ1v) is 8.72. The second-order valence-corrected chi connectivity index (χ2v) is 7.64. The minimum Gasteiger partial charge on any atom is -0.289 e. The summed E-state index contributed by atoms with van der Waals surface area (Å²) >= 11 is 0. The van der Waals surface area contributed by atoms with Crippen molar-refractivity contribution in [1.29, 1.82) is 0 Å². The van der Waals surface area contributed by atoms with Gasteiger partial charge in [-0.25, -0.2) is 0 Å². The van der Waals surface area contributed by atoms with E-state index < -0.39 is 0 Å². The van der Waals surface area contributed by atoms with Crippen LogP contribution in [0.4, 0.5) is 0 Å². The summed E-state index contributed by atoms with van der Waals surface area (Å²) in [6, 6.07) is 10.6. The first-order valence-electron chi connectivity index (χ1n) is 8.72. The zero-order valence-corrected chi connectivity index (χ0v) is 15.1. The smallest absolute Gasteiger partial charge is 0.164 e. The van der Waals surface area contributed by atoms with Crippen molar-refractivity contribution in [3.8, 4) is 0 Å². The highest BCUT2D eigenvalue weighted by Crippen LogP contribution is 2.33. The van der Waals surface area contributed by atoms with Crippen LogP contribution in [0.15, 0.2) is 42.9 Å². The van der Waals surface area contributed by atoms with Crippen molar-refractivity contribution in [2.45, 2.75) is 45.4 Å². The third kappa shape index (κ3) is 2.60. The monoisotopic (exact) mass is 333 g/mol. The Morgan fingerprint density at radius 3 is 2.80 bits per heavy atom. The first kappa shape index (κ1) is 15.8. The highest BCUT2D eigenvalue weighted by atomic mass is 15.2. The molecule has 128 valence electrons. The van der Waals surface area contributed by atoms with Crippen LogP contribution in [0, 0.1) is 0 Å². The normalized spacial score (nSPS) is 12.5. The van der Waals surface area contributed by atoms with Gasteiger partial charge in [0.2, 0.25) is 0 Å². The molecule has 25 heavy (non-hydrogen) atoms. The van der Waals surface area contributed by atoms with Gasteiger partial charge in [-0.1, -0.05) is 52.0 Å². The first-order chi connectivity index (χ1) is 12.0. The Labute approximate surface area is 147 Å². The van der Waals surface area contributed by atoms with Gasteiger partial charge in [-0.15, -0.1) is 10.2 Å². The summed E-state index contributed by atoms with van der Waals surface area (Å²) in [7, 11) is 0. The van der Waals surface area contributed by atoms with Crippen molar-refractivity contribution in [2.75, 3.05) is 0 Å². The lowest BCUT2D eigenvalue weighted by molar-refractivity contribution is 0.518. The van der Waals surface area contributed by atoms with Gasteiger partial charge in [0.15, 0.2) is 5.65 Å². The molecule has 5 nitrogen and oxygen atoms in total. The fourth-order valence-corrected chi connectivity index (χ4v) is 3.63. The quantitative estimate of drug-likeness (QED) is 0.607. The Morgan fingerprint density at radius 2 is 2.00 bits per heavy atom. The molecule has 0 saturated heterocycles. The summed E-state index contributed by atoms with van der Waals surface area (Å²) in [5.74, 6) is 0.456. The van der Waals surface area contributed by atoms with Crippen molar-refractivity contribution in [2.24, 2.45) is 0 Å². The zero-order chi connectivity index (χ0) is 17.6. The minimum absolute atomic E-state index is 0.0944. The van der Waals surface area contributed by atoms with E-state index in [4.69, 9.17) is 0 Å². The summed E-state index contributed by atoms with van der Waals surface area (Å²) < 4.78 is 1.97. The van der Waals surface area contributed by atoms with Crippen molar-refractivity contribution in [3.05, 3.63) is 59.7 Å². The van der Waals surface area contributed by atoms with Crippen LogP contribution in [-0.4, -0.2) is 24.8 Å². The number of nitrogens with one attached hydrogen (secondary N) is 1. The molecule has 0 atom stereocenters. The molecule has 0 amide bonds. The van der Waals surface area contributed by atoms with Crippen LogP contribution in [0.2, 0.25) is 0 Å². The molecular weight excluding hydrogens is 310 g/mol. The van der Waals surface area contributed by atoms with Crippen molar-refractivity contribution < 1.29 is 0 Å². The Hall–Kier alpha value is -2.69. The number of hydrogen-bond donors (Lipinski definition) is 1. The largest absolute Gasteiger partial charge is 0.289 e. The number of rotatable bonds is 4. The highest BCUT2D eigenvalue weighted by Gasteiger charge is 2.26. The molecule has 0 fully saturated rings. The predicted molar refractivity (Wildman–Crippen MR) is 99.9 cm³/mol. The Morgan fingerprint density at radius 1 is 1.16 bits per heavy atom. The van der Waals surface area contributed by atoms with Crippen LogP contribution >= 0.6 is 0 Å². The molecule has 4 aromatic rings. The number of para-hydroxylation sites is 1. The van der Waals surface area contributed by atoms with E-state index in [-0.39, 0.29) is 5.41 Å².